The number of nitrogens with two attached hydrogens (primary N) is 1. The van der Waals surface area contributed by atoms with Crippen molar-refractivity contribution in [3.8, 4) is 0 Å². The Morgan fingerprint density at radius 3 is 2.88 bits per heavy atom. The lowest BCUT2D eigenvalue weighted by Gasteiger charge is -2.14. The fourth-order valence-corrected chi connectivity index (χ4v) is 1.61. The third-order valence-electron chi connectivity index (χ3n) is 2.53. The van der Waals surface area contributed by atoms with E-state index in [1.165, 1.54) is 0 Å². The SMILES string of the molecule is COCCC(C)n1nnc(C(=O)O)c1CCN. The fraction of sp³-hybridized carbons (Fsp3) is 0.700. The first kappa shape index (κ1) is 13.6. The molecule has 1 rings (SSSR count). The number of carboxylic acids is 1. The molecule has 1 atom stereocenters. The van der Waals surface area contributed by atoms with Crippen molar-refractivity contribution in [3.05, 3.63) is 11.4 Å². The van der Waals surface area contributed by atoms with Gasteiger partial charge in [-0.15, -0.1) is 5.10 Å². The van der Waals surface area contributed by atoms with Crippen molar-refractivity contribution in [3.63, 3.8) is 0 Å². The largest absolute Gasteiger partial charge is 0.476 e. The highest BCUT2D eigenvalue weighted by molar-refractivity contribution is 5.86. The molecule has 1 aromatic rings. The zero-order valence-electron chi connectivity index (χ0n) is 10.1. The van der Waals surface area contributed by atoms with Crippen LogP contribution in [-0.4, -0.2) is 46.3 Å². The molecule has 1 unspecified atom stereocenters. The number of methoxy groups -OCH3 is 1. The Hall–Kier alpha value is -1.47. The van der Waals surface area contributed by atoms with Crippen molar-refractivity contribution in [1.82, 2.24) is 15.0 Å². The molecule has 0 radical (unpaired) electrons. The van der Waals surface area contributed by atoms with Gasteiger partial charge in [0.2, 0.25) is 0 Å². The van der Waals surface area contributed by atoms with Gasteiger partial charge in [0.15, 0.2) is 5.69 Å². The Labute approximate surface area is 99.6 Å². The first-order valence-electron chi connectivity index (χ1n) is 5.48. The predicted octanol–water partition coefficient (Wildman–Crippen LogP) is 0.0750. The Kier molecular flexibility index (Phi) is 5.05. The third-order valence-corrected chi connectivity index (χ3v) is 2.53. The lowest BCUT2D eigenvalue weighted by atomic mass is 10.2. The van der Waals surface area contributed by atoms with E-state index in [0.717, 1.165) is 6.42 Å². The summed E-state index contributed by atoms with van der Waals surface area (Å²) in [6.07, 6.45) is 1.20. The third kappa shape index (κ3) is 3.24. The number of aromatic carboxylic acids is 1. The molecular weight excluding hydrogens is 224 g/mol. The molecule has 0 amide bonds. The van der Waals surface area contributed by atoms with Gasteiger partial charge in [-0.1, -0.05) is 5.21 Å². The van der Waals surface area contributed by atoms with E-state index in [2.05, 4.69) is 10.3 Å². The van der Waals surface area contributed by atoms with Crippen LogP contribution in [0.1, 0.15) is 35.6 Å². The van der Waals surface area contributed by atoms with Crippen LogP contribution in [0.3, 0.4) is 0 Å². The van der Waals surface area contributed by atoms with E-state index < -0.39 is 5.97 Å². The summed E-state index contributed by atoms with van der Waals surface area (Å²) in [7, 11) is 1.62. The first-order chi connectivity index (χ1) is 8.11. The van der Waals surface area contributed by atoms with Gasteiger partial charge in [-0.3, -0.25) is 0 Å². The van der Waals surface area contributed by atoms with Crippen molar-refractivity contribution in [2.45, 2.75) is 25.8 Å². The van der Waals surface area contributed by atoms with Crippen molar-refractivity contribution >= 4 is 5.97 Å². The average molecular weight is 242 g/mol. The van der Waals surface area contributed by atoms with E-state index in [-0.39, 0.29) is 11.7 Å². The molecule has 0 saturated heterocycles. The molecule has 0 aliphatic rings. The van der Waals surface area contributed by atoms with E-state index in [4.69, 9.17) is 15.6 Å². The Bertz CT molecular complexity index is 378. The summed E-state index contributed by atoms with van der Waals surface area (Å²) in [5, 5.41) is 16.5. The summed E-state index contributed by atoms with van der Waals surface area (Å²) < 4.78 is 6.61. The standard InChI is InChI=1S/C10H18N4O3/c1-7(4-6-17-2)14-8(3-5-11)9(10(15)16)12-13-14/h7H,3-6,11H2,1-2H3,(H,15,16). The van der Waals surface area contributed by atoms with E-state index >= 15 is 0 Å². The highest BCUT2D eigenvalue weighted by Crippen LogP contribution is 2.15. The average Bonchev–Trinajstić information content (AvgIpc) is 2.70. The Balaban J connectivity index is 2.94. The molecule has 0 aromatic carbocycles. The maximum Gasteiger partial charge on any atom is 0.358 e. The zero-order chi connectivity index (χ0) is 12.8. The summed E-state index contributed by atoms with van der Waals surface area (Å²) in [4.78, 5) is 11.0. The van der Waals surface area contributed by atoms with Crippen molar-refractivity contribution in [2.24, 2.45) is 5.73 Å². The number of carboxylic acid groups (broad SMARTS) is 1. The molecule has 7 nitrogen and oxygen atoms in total. The topological polar surface area (TPSA) is 103 Å². The van der Waals surface area contributed by atoms with Crippen LogP contribution in [0.5, 0.6) is 0 Å². The smallest absolute Gasteiger partial charge is 0.358 e. The Morgan fingerprint density at radius 1 is 1.65 bits per heavy atom. The van der Waals surface area contributed by atoms with Crippen LogP contribution in [0, 0.1) is 0 Å². The molecule has 0 aliphatic heterocycles. The number of ether oxygens (including phenoxy) is 1. The van der Waals surface area contributed by atoms with Crippen molar-refractivity contribution in [1.29, 1.82) is 0 Å². The monoisotopic (exact) mass is 242 g/mol. The minimum atomic E-state index is -1.07. The highest BCUT2D eigenvalue weighted by Gasteiger charge is 2.20. The fourth-order valence-electron chi connectivity index (χ4n) is 1.61. The van der Waals surface area contributed by atoms with Crippen LogP contribution < -0.4 is 5.73 Å². The minimum absolute atomic E-state index is 0.0142. The van der Waals surface area contributed by atoms with Gasteiger partial charge in [-0.2, -0.15) is 0 Å². The van der Waals surface area contributed by atoms with E-state index in [1.54, 1.807) is 11.8 Å². The van der Waals surface area contributed by atoms with Gasteiger partial charge in [0.05, 0.1) is 11.7 Å². The summed E-state index contributed by atoms with van der Waals surface area (Å²) in [6, 6.07) is 0.0390. The molecule has 1 heterocycles. The van der Waals surface area contributed by atoms with Crippen molar-refractivity contribution < 1.29 is 14.6 Å². The molecule has 0 bridgehead atoms. The van der Waals surface area contributed by atoms with Crippen LogP contribution in [0.4, 0.5) is 0 Å². The van der Waals surface area contributed by atoms with Crippen LogP contribution >= 0.6 is 0 Å². The van der Waals surface area contributed by atoms with Gasteiger partial charge >= 0.3 is 5.97 Å². The highest BCUT2D eigenvalue weighted by atomic mass is 16.5. The molecule has 17 heavy (non-hydrogen) atoms. The maximum atomic E-state index is 11.0. The number of nitrogens with zero attached hydrogens (tertiary/aromatic N) is 3. The zero-order valence-corrected chi connectivity index (χ0v) is 10.1. The summed E-state index contributed by atoms with van der Waals surface area (Å²) in [5.74, 6) is -1.07. The number of hydrogen-bond donors (Lipinski definition) is 2. The minimum Gasteiger partial charge on any atom is -0.476 e. The van der Waals surface area contributed by atoms with Gasteiger partial charge in [0, 0.05) is 20.1 Å². The second kappa shape index (κ2) is 6.31. The maximum absolute atomic E-state index is 11.0. The van der Waals surface area contributed by atoms with Crippen LogP contribution in [0.25, 0.3) is 0 Å². The molecule has 3 N–H and O–H groups in total. The lowest BCUT2D eigenvalue weighted by molar-refractivity contribution is 0.0689. The number of carbonyl (C=O) groups is 1. The second-order valence-electron chi connectivity index (χ2n) is 3.80. The van der Waals surface area contributed by atoms with Gasteiger partial charge in [0.25, 0.3) is 0 Å². The van der Waals surface area contributed by atoms with E-state index in [0.29, 0.717) is 25.3 Å². The van der Waals surface area contributed by atoms with E-state index in [9.17, 15) is 4.79 Å². The van der Waals surface area contributed by atoms with E-state index in [1.807, 2.05) is 6.92 Å². The summed E-state index contributed by atoms with van der Waals surface area (Å²) >= 11 is 0. The van der Waals surface area contributed by atoms with Gasteiger partial charge < -0.3 is 15.6 Å². The molecule has 1 aromatic heterocycles. The predicted molar refractivity (Wildman–Crippen MR) is 60.9 cm³/mol. The lowest BCUT2D eigenvalue weighted by Crippen LogP contribution is -2.17. The molecular formula is C10H18N4O3. The molecule has 0 fully saturated rings. The first-order valence-corrected chi connectivity index (χ1v) is 5.48. The van der Waals surface area contributed by atoms with Crippen LogP contribution in [0.15, 0.2) is 0 Å². The molecule has 0 aliphatic carbocycles. The quantitative estimate of drug-likeness (QED) is 0.701. The van der Waals surface area contributed by atoms with Crippen molar-refractivity contribution in [2.75, 3.05) is 20.3 Å². The van der Waals surface area contributed by atoms with Gasteiger partial charge in [-0.05, 0) is 19.9 Å². The normalized spacial score (nSPS) is 12.6. The molecule has 0 saturated carbocycles. The summed E-state index contributed by atoms with van der Waals surface area (Å²) in [5.41, 5.74) is 6.03. The molecule has 96 valence electrons. The number of aromatic nitrogens is 3. The molecule has 7 heteroatoms. The second-order valence-corrected chi connectivity index (χ2v) is 3.80. The van der Waals surface area contributed by atoms with Gasteiger partial charge in [-0.25, -0.2) is 9.48 Å². The Morgan fingerprint density at radius 2 is 2.35 bits per heavy atom. The van der Waals surface area contributed by atoms with Gasteiger partial charge in [0.1, 0.15) is 0 Å². The van der Waals surface area contributed by atoms with Crippen LogP contribution in [0.2, 0.25) is 0 Å². The molecule has 0 spiro atoms. The van der Waals surface area contributed by atoms with Crippen LogP contribution in [-0.2, 0) is 11.2 Å². The number of rotatable bonds is 7. The number of hydrogen-bond acceptors (Lipinski definition) is 5. The summed E-state index contributed by atoms with van der Waals surface area (Å²) in [6.45, 7) is 2.90.